The van der Waals surface area contributed by atoms with E-state index in [1.807, 2.05) is 0 Å². The van der Waals surface area contributed by atoms with Crippen LogP contribution in [0.4, 0.5) is 0 Å². The summed E-state index contributed by atoms with van der Waals surface area (Å²) < 4.78 is 28.5. The van der Waals surface area contributed by atoms with E-state index < -0.39 is 67.3 Å². The van der Waals surface area contributed by atoms with Gasteiger partial charge >= 0.3 is 23.9 Å². The van der Waals surface area contributed by atoms with E-state index in [1.54, 1.807) is 0 Å². The van der Waals surface area contributed by atoms with Crippen molar-refractivity contribution in [3.8, 4) is 0 Å². The lowest BCUT2D eigenvalue weighted by molar-refractivity contribution is -0.301. The minimum absolute atomic E-state index is 0.0408. The van der Waals surface area contributed by atoms with Crippen LogP contribution in [0.1, 0.15) is 265 Å². The zero-order chi connectivity index (χ0) is 60.3. The molecule has 6 atom stereocenters. The minimum Gasteiger partial charge on any atom is -0.479 e. The van der Waals surface area contributed by atoms with Gasteiger partial charge in [-0.15, -0.1) is 0 Å². The predicted molar refractivity (Wildman–Crippen MR) is 340 cm³/mol. The molecule has 12 nitrogen and oxygen atoms in total. The normalized spacial score (nSPS) is 18.3. The van der Waals surface area contributed by atoms with Gasteiger partial charge in [-0.05, 0) is 122 Å². The second kappa shape index (κ2) is 57.8. The molecule has 0 aliphatic carbocycles. The summed E-state index contributed by atoms with van der Waals surface area (Å²) in [5, 5.41) is 31.6. The molecule has 12 heteroatoms. The van der Waals surface area contributed by atoms with E-state index in [4.69, 9.17) is 23.7 Å². The molecular formula is C71H116O12. The first-order valence-corrected chi connectivity index (χ1v) is 32.9. The van der Waals surface area contributed by atoms with Crippen molar-refractivity contribution in [1.29, 1.82) is 0 Å². The van der Waals surface area contributed by atoms with Crippen LogP contribution in [0.15, 0.2) is 109 Å². The standard InChI is InChI=1S/C71H116O12/c1-4-7-10-13-16-19-22-25-28-31-32-35-36-39-42-45-48-51-54-57-63(72)79-60-62(81-64(73)58-55-52-49-46-43-40-37-33-29-26-23-20-17-14-11-8-5-2)61-80-71-69(67(76)66(75)68(83-71)70(77)78)82-65(74)59-56-53-50-47-44-41-38-34-30-27-24-21-18-15-12-9-6-3/h7,9-10,12,16,18-19,21,25-30,32,35,39,42,62,66-69,71,75-76H,4-6,8,11,13-15,17,20,22-24,31,33-34,36-38,40-41,43-61H2,1-3H3,(H,77,78)/b10-7-,12-9-,19-16-,21-18-,28-25-,29-26-,30-27-,35-32-,42-39-. The van der Waals surface area contributed by atoms with Crippen molar-refractivity contribution in [2.45, 2.75) is 302 Å². The van der Waals surface area contributed by atoms with Crippen LogP contribution in [0.25, 0.3) is 0 Å². The Balaban J connectivity index is 2.69. The van der Waals surface area contributed by atoms with E-state index in [2.05, 4.69) is 130 Å². The maximum Gasteiger partial charge on any atom is 0.335 e. The summed E-state index contributed by atoms with van der Waals surface area (Å²) in [5.74, 6) is -3.18. The highest BCUT2D eigenvalue weighted by Gasteiger charge is 2.50. The molecule has 0 radical (unpaired) electrons. The van der Waals surface area contributed by atoms with Crippen molar-refractivity contribution < 1.29 is 58.2 Å². The zero-order valence-corrected chi connectivity index (χ0v) is 52.2. The van der Waals surface area contributed by atoms with E-state index in [0.29, 0.717) is 19.3 Å². The summed E-state index contributed by atoms with van der Waals surface area (Å²) in [4.78, 5) is 51.4. The fourth-order valence-electron chi connectivity index (χ4n) is 9.34. The molecule has 1 rings (SSSR count). The molecule has 0 amide bonds. The third-order valence-corrected chi connectivity index (χ3v) is 14.3. The Kier molecular flexibility index (Phi) is 53.2. The summed E-state index contributed by atoms with van der Waals surface area (Å²) >= 11 is 0. The number of esters is 3. The fourth-order valence-corrected chi connectivity index (χ4v) is 9.34. The molecule has 1 aliphatic rings. The Morgan fingerprint density at radius 1 is 0.410 bits per heavy atom. The second-order valence-electron chi connectivity index (χ2n) is 22.0. The number of ether oxygens (including phenoxy) is 5. The Morgan fingerprint density at radius 3 is 1.18 bits per heavy atom. The van der Waals surface area contributed by atoms with E-state index in [0.717, 1.165) is 148 Å². The molecule has 3 N–H and O–H groups in total. The molecule has 1 heterocycles. The SMILES string of the molecule is CC/C=C\C/C=C\C/C=C\C/C=C\C/C=C\CCCCCC(=O)OCC(COC1OC(C(=O)O)C(O)C(O)C1OC(=O)CCCCCCCCC/C=C\C/C=C\C/C=C\CC)OC(=O)CCCCCCCCC/C=C\CCCCCCCC. The van der Waals surface area contributed by atoms with Crippen molar-refractivity contribution in [3.63, 3.8) is 0 Å². The highest BCUT2D eigenvalue weighted by molar-refractivity contribution is 5.74. The first kappa shape index (κ1) is 76.4. The summed E-state index contributed by atoms with van der Waals surface area (Å²) in [7, 11) is 0. The van der Waals surface area contributed by atoms with Crippen LogP contribution in [0.5, 0.6) is 0 Å². The Morgan fingerprint density at radius 2 is 0.759 bits per heavy atom. The van der Waals surface area contributed by atoms with Gasteiger partial charge in [0.1, 0.15) is 18.8 Å². The average molecular weight is 1160 g/mol. The van der Waals surface area contributed by atoms with Crippen molar-refractivity contribution in [3.05, 3.63) is 109 Å². The highest BCUT2D eigenvalue weighted by Crippen LogP contribution is 2.26. The van der Waals surface area contributed by atoms with Gasteiger partial charge in [0.25, 0.3) is 0 Å². The van der Waals surface area contributed by atoms with Gasteiger partial charge < -0.3 is 39.0 Å². The van der Waals surface area contributed by atoms with Gasteiger partial charge in [0.05, 0.1) is 6.61 Å². The number of carboxylic acids is 1. The monoisotopic (exact) mass is 1160 g/mol. The molecule has 1 fully saturated rings. The van der Waals surface area contributed by atoms with Crippen LogP contribution < -0.4 is 0 Å². The number of unbranched alkanes of at least 4 members (excludes halogenated alkanes) is 23. The summed E-state index contributed by atoms with van der Waals surface area (Å²) in [6.45, 7) is 5.75. The second-order valence-corrected chi connectivity index (χ2v) is 22.0. The smallest absolute Gasteiger partial charge is 0.335 e. The van der Waals surface area contributed by atoms with Crippen LogP contribution in [-0.4, -0.2) is 89.2 Å². The largest absolute Gasteiger partial charge is 0.479 e. The Bertz CT molecular complexity index is 1860. The molecule has 0 aromatic rings. The van der Waals surface area contributed by atoms with Crippen LogP contribution in [0, 0.1) is 0 Å². The van der Waals surface area contributed by atoms with E-state index in [1.165, 1.54) is 57.8 Å². The molecule has 1 saturated heterocycles. The molecule has 0 aromatic heterocycles. The Labute approximate surface area is 504 Å². The third kappa shape index (κ3) is 47.3. The molecule has 6 unspecified atom stereocenters. The van der Waals surface area contributed by atoms with Gasteiger partial charge in [0.15, 0.2) is 24.6 Å². The Hall–Kier alpha value is -4.62. The van der Waals surface area contributed by atoms with Crippen molar-refractivity contribution in [2.24, 2.45) is 0 Å². The first-order valence-electron chi connectivity index (χ1n) is 32.9. The number of allylic oxidation sites excluding steroid dienone is 18. The molecular weight excluding hydrogens is 1040 g/mol. The van der Waals surface area contributed by atoms with Crippen molar-refractivity contribution in [1.82, 2.24) is 0 Å². The lowest BCUT2D eigenvalue weighted by Crippen LogP contribution is -2.61. The summed E-state index contributed by atoms with van der Waals surface area (Å²) in [6.07, 6.45) is 66.1. The number of carbonyl (C=O) groups is 4. The molecule has 472 valence electrons. The van der Waals surface area contributed by atoms with Crippen molar-refractivity contribution >= 4 is 23.9 Å². The molecule has 1 aliphatic heterocycles. The van der Waals surface area contributed by atoms with Gasteiger partial charge in [-0.3, -0.25) is 14.4 Å². The van der Waals surface area contributed by atoms with Gasteiger partial charge in [-0.1, -0.05) is 233 Å². The summed E-state index contributed by atoms with van der Waals surface area (Å²) in [5.41, 5.74) is 0. The number of carbonyl (C=O) groups excluding carboxylic acids is 3. The molecule has 0 aromatic carbocycles. The molecule has 0 bridgehead atoms. The lowest BCUT2D eigenvalue weighted by atomic mass is 9.98. The quantitative estimate of drug-likeness (QED) is 0.0228. The third-order valence-electron chi connectivity index (χ3n) is 14.3. The number of hydrogen-bond donors (Lipinski definition) is 3. The van der Waals surface area contributed by atoms with Crippen molar-refractivity contribution in [2.75, 3.05) is 13.2 Å². The number of aliphatic hydroxyl groups is 2. The number of hydrogen-bond acceptors (Lipinski definition) is 11. The van der Waals surface area contributed by atoms with E-state index in [9.17, 15) is 34.5 Å². The molecule has 0 saturated carbocycles. The van der Waals surface area contributed by atoms with Gasteiger partial charge in [-0.25, -0.2) is 4.79 Å². The van der Waals surface area contributed by atoms with Crippen LogP contribution in [0.3, 0.4) is 0 Å². The zero-order valence-electron chi connectivity index (χ0n) is 52.2. The average Bonchev–Trinajstić information content (AvgIpc) is 3.59. The number of aliphatic carboxylic acids is 1. The molecule has 0 spiro atoms. The summed E-state index contributed by atoms with van der Waals surface area (Å²) in [6, 6.07) is 0. The lowest BCUT2D eigenvalue weighted by Gasteiger charge is -2.40. The number of carboxylic acid groups (broad SMARTS) is 1. The highest BCUT2D eigenvalue weighted by atomic mass is 16.7. The van der Waals surface area contributed by atoms with Crippen LogP contribution in [-0.2, 0) is 42.9 Å². The predicted octanol–water partition coefficient (Wildman–Crippen LogP) is 17.8. The van der Waals surface area contributed by atoms with Gasteiger partial charge in [0.2, 0.25) is 0 Å². The minimum atomic E-state index is -1.92. The van der Waals surface area contributed by atoms with Crippen LogP contribution >= 0.6 is 0 Å². The van der Waals surface area contributed by atoms with E-state index >= 15 is 0 Å². The van der Waals surface area contributed by atoms with E-state index in [-0.39, 0.29) is 25.9 Å². The van der Waals surface area contributed by atoms with Gasteiger partial charge in [-0.2, -0.15) is 0 Å². The number of aliphatic hydroxyl groups excluding tert-OH is 2. The first-order chi connectivity index (χ1) is 40.6. The van der Waals surface area contributed by atoms with Crippen LogP contribution in [0.2, 0.25) is 0 Å². The fraction of sp³-hybridized carbons (Fsp3) is 0.690. The molecule has 83 heavy (non-hydrogen) atoms. The number of rotatable bonds is 55. The maximum atomic E-state index is 13.2. The topological polar surface area (TPSA) is 175 Å². The van der Waals surface area contributed by atoms with Gasteiger partial charge in [0, 0.05) is 19.3 Å². The maximum absolute atomic E-state index is 13.2.